The summed E-state index contributed by atoms with van der Waals surface area (Å²) in [5.74, 6) is 0. The number of nitrogens with one attached hydrogen (secondary N) is 1. The van der Waals surface area contributed by atoms with E-state index in [2.05, 4.69) is 4.98 Å². The maximum atomic E-state index is 11.4. The summed E-state index contributed by atoms with van der Waals surface area (Å²) in [7, 11) is 0. The molecule has 1 fully saturated rings. The predicted octanol–water partition coefficient (Wildman–Crippen LogP) is 0.104. The molecular formula is C10H14N2O3. The van der Waals surface area contributed by atoms with Crippen LogP contribution in [0, 0.1) is 0 Å². The lowest BCUT2D eigenvalue weighted by atomic mass is 10.2. The molecule has 0 radical (unpaired) electrons. The molecule has 1 aliphatic heterocycles. The van der Waals surface area contributed by atoms with Gasteiger partial charge in [0.25, 0.3) is 5.56 Å². The molecule has 2 unspecified atom stereocenters. The van der Waals surface area contributed by atoms with Crippen molar-refractivity contribution in [3.05, 3.63) is 33.1 Å². The number of aromatic amines is 1. The molecule has 2 rings (SSSR count). The number of hydrogen-bond acceptors (Lipinski definition) is 3. The Labute approximate surface area is 86.7 Å². The summed E-state index contributed by atoms with van der Waals surface area (Å²) in [6.07, 6.45) is 3.47. The molecule has 5 heteroatoms. The Hall–Kier alpha value is -1.36. The highest BCUT2D eigenvalue weighted by Gasteiger charge is 2.22. The molecule has 0 amide bonds. The van der Waals surface area contributed by atoms with E-state index in [0.717, 1.165) is 12.8 Å². The summed E-state index contributed by atoms with van der Waals surface area (Å²) >= 11 is 0. The average Bonchev–Trinajstić information content (AvgIpc) is 2.58. The third-order valence-corrected chi connectivity index (χ3v) is 2.65. The second-order valence-corrected chi connectivity index (χ2v) is 3.88. The smallest absolute Gasteiger partial charge is 0.328 e. The van der Waals surface area contributed by atoms with E-state index in [4.69, 9.17) is 4.74 Å². The maximum absolute atomic E-state index is 11.4. The van der Waals surface area contributed by atoms with Gasteiger partial charge >= 0.3 is 5.69 Å². The standard InChI is InChI=1S/C10H14N2O3/c1-7-2-3-8(15-7)6-12-9(13)4-5-11-10(12)14/h4-5,7-8H,2-3,6H2,1H3,(H,11,14). The summed E-state index contributed by atoms with van der Waals surface area (Å²) in [6, 6.07) is 1.35. The van der Waals surface area contributed by atoms with Gasteiger partial charge in [-0.1, -0.05) is 0 Å². The van der Waals surface area contributed by atoms with Crippen molar-refractivity contribution in [3.63, 3.8) is 0 Å². The molecule has 15 heavy (non-hydrogen) atoms. The number of hydrogen-bond donors (Lipinski definition) is 1. The van der Waals surface area contributed by atoms with Crippen molar-refractivity contribution in [2.24, 2.45) is 0 Å². The van der Waals surface area contributed by atoms with Crippen LogP contribution in [0.2, 0.25) is 0 Å². The van der Waals surface area contributed by atoms with Gasteiger partial charge in [-0.3, -0.25) is 9.36 Å². The van der Waals surface area contributed by atoms with Crippen LogP contribution in [0.5, 0.6) is 0 Å². The first-order chi connectivity index (χ1) is 7.16. The lowest BCUT2D eigenvalue weighted by molar-refractivity contribution is 0.0444. The van der Waals surface area contributed by atoms with E-state index in [0.29, 0.717) is 6.54 Å². The summed E-state index contributed by atoms with van der Waals surface area (Å²) in [4.78, 5) is 25.2. The normalized spacial score (nSPS) is 25.7. The Kier molecular flexibility index (Phi) is 2.73. The Bertz CT molecular complexity index is 420. The quantitative estimate of drug-likeness (QED) is 0.753. The van der Waals surface area contributed by atoms with Crippen LogP contribution < -0.4 is 11.2 Å². The minimum absolute atomic E-state index is 0.0128. The van der Waals surface area contributed by atoms with Crippen molar-refractivity contribution in [2.75, 3.05) is 0 Å². The third kappa shape index (κ3) is 2.18. The SMILES string of the molecule is CC1CCC(Cn2c(=O)cc[nH]c2=O)O1. The average molecular weight is 210 g/mol. The highest BCUT2D eigenvalue weighted by molar-refractivity contribution is 4.84. The van der Waals surface area contributed by atoms with E-state index in [1.807, 2.05) is 6.92 Å². The highest BCUT2D eigenvalue weighted by Crippen LogP contribution is 2.19. The second-order valence-electron chi connectivity index (χ2n) is 3.88. The van der Waals surface area contributed by atoms with Gasteiger partial charge in [-0.15, -0.1) is 0 Å². The Morgan fingerprint density at radius 1 is 1.53 bits per heavy atom. The second kappa shape index (κ2) is 4.02. The molecule has 2 atom stereocenters. The van der Waals surface area contributed by atoms with Crippen LogP contribution in [0.25, 0.3) is 0 Å². The fraction of sp³-hybridized carbons (Fsp3) is 0.600. The topological polar surface area (TPSA) is 64.1 Å². The summed E-state index contributed by atoms with van der Waals surface area (Å²) in [5, 5.41) is 0. The summed E-state index contributed by atoms with van der Waals surface area (Å²) in [6.45, 7) is 2.34. The number of H-pyrrole nitrogens is 1. The third-order valence-electron chi connectivity index (χ3n) is 2.65. The fourth-order valence-corrected chi connectivity index (χ4v) is 1.85. The van der Waals surface area contributed by atoms with E-state index in [-0.39, 0.29) is 23.5 Å². The minimum atomic E-state index is -0.370. The van der Waals surface area contributed by atoms with Crippen LogP contribution in [0.1, 0.15) is 19.8 Å². The summed E-state index contributed by atoms with van der Waals surface area (Å²) in [5.41, 5.74) is -0.646. The van der Waals surface area contributed by atoms with Gasteiger partial charge in [0, 0.05) is 12.3 Å². The van der Waals surface area contributed by atoms with Crippen LogP contribution in [0.3, 0.4) is 0 Å². The van der Waals surface area contributed by atoms with E-state index < -0.39 is 0 Å². The molecular weight excluding hydrogens is 196 g/mol. The van der Waals surface area contributed by atoms with Gasteiger partial charge in [-0.2, -0.15) is 0 Å². The number of aromatic nitrogens is 2. The number of nitrogens with zero attached hydrogens (tertiary/aromatic N) is 1. The van der Waals surface area contributed by atoms with Crippen LogP contribution in [-0.2, 0) is 11.3 Å². The van der Waals surface area contributed by atoms with Gasteiger partial charge in [0.05, 0.1) is 18.8 Å². The molecule has 0 bridgehead atoms. The van der Waals surface area contributed by atoms with Crippen molar-refractivity contribution >= 4 is 0 Å². The first kappa shape index (κ1) is 10.2. The summed E-state index contributed by atoms with van der Waals surface area (Å²) < 4.78 is 6.75. The lowest BCUT2D eigenvalue weighted by Crippen LogP contribution is -2.37. The maximum Gasteiger partial charge on any atom is 0.328 e. The van der Waals surface area contributed by atoms with E-state index in [1.54, 1.807) is 0 Å². The molecule has 1 aromatic heterocycles. The minimum Gasteiger partial charge on any atom is -0.373 e. The van der Waals surface area contributed by atoms with E-state index in [9.17, 15) is 9.59 Å². The molecule has 1 aromatic rings. The van der Waals surface area contributed by atoms with Crippen molar-refractivity contribution in [3.8, 4) is 0 Å². The van der Waals surface area contributed by atoms with Crippen molar-refractivity contribution in [1.29, 1.82) is 0 Å². The Morgan fingerprint density at radius 2 is 2.33 bits per heavy atom. The monoisotopic (exact) mass is 210 g/mol. The lowest BCUT2D eigenvalue weighted by Gasteiger charge is -2.11. The van der Waals surface area contributed by atoms with Crippen molar-refractivity contribution < 1.29 is 4.74 Å². The number of rotatable bonds is 2. The molecule has 82 valence electrons. The van der Waals surface area contributed by atoms with Crippen LogP contribution >= 0.6 is 0 Å². The highest BCUT2D eigenvalue weighted by atomic mass is 16.5. The molecule has 1 aliphatic rings. The van der Waals surface area contributed by atoms with Gasteiger partial charge in [-0.05, 0) is 19.8 Å². The zero-order valence-electron chi connectivity index (χ0n) is 8.60. The predicted molar refractivity (Wildman–Crippen MR) is 54.9 cm³/mol. The van der Waals surface area contributed by atoms with Crippen molar-refractivity contribution in [1.82, 2.24) is 9.55 Å². The largest absolute Gasteiger partial charge is 0.373 e. The van der Waals surface area contributed by atoms with Crippen LogP contribution in [0.15, 0.2) is 21.9 Å². The molecule has 0 spiro atoms. The Morgan fingerprint density at radius 3 is 2.93 bits per heavy atom. The molecule has 1 saturated heterocycles. The fourth-order valence-electron chi connectivity index (χ4n) is 1.85. The zero-order chi connectivity index (χ0) is 10.8. The molecule has 1 N–H and O–H groups in total. The van der Waals surface area contributed by atoms with Crippen LogP contribution in [-0.4, -0.2) is 21.8 Å². The molecule has 2 heterocycles. The van der Waals surface area contributed by atoms with Gasteiger partial charge in [-0.25, -0.2) is 4.79 Å². The van der Waals surface area contributed by atoms with Gasteiger partial charge < -0.3 is 9.72 Å². The molecule has 0 aromatic carbocycles. The number of ether oxygens (including phenoxy) is 1. The van der Waals surface area contributed by atoms with Gasteiger partial charge in [0.15, 0.2) is 0 Å². The Balaban J connectivity index is 2.18. The zero-order valence-corrected chi connectivity index (χ0v) is 8.60. The first-order valence-electron chi connectivity index (χ1n) is 5.11. The molecule has 5 nitrogen and oxygen atoms in total. The van der Waals surface area contributed by atoms with Crippen LogP contribution in [0.4, 0.5) is 0 Å². The van der Waals surface area contributed by atoms with Gasteiger partial charge in [0.1, 0.15) is 0 Å². The first-order valence-corrected chi connectivity index (χ1v) is 5.11. The molecule has 0 aliphatic carbocycles. The molecule has 0 saturated carbocycles. The van der Waals surface area contributed by atoms with Gasteiger partial charge in [0.2, 0.25) is 0 Å². The van der Waals surface area contributed by atoms with E-state index >= 15 is 0 Å². The van der Waals surface area contributed by atoms with E-state index in [1.165, 1.54) is 16.8 Å². The van der Waals surface area contributed by atoms with Crippen molar-refractivity contribution in [2.45, 2.75) is 38.5 Å².